The van der Waals surface area contributed by atoms with E-state index in [1.807, 2.05) is 6.92 Å². The smallest absolute Gasteiger partial charge is 0.407 e. The highest BCUT2D eigenvalue weighted by molar-refractivity contribution is 5.69. The number of carbonyl (C=O) groups is 2. The second-order valence-corrected chi connectivity index (χ2v) is 5.62. The highest BCUT2D eigenvalue weighted by Gasteiger charge is 2.15. The van der Waals surface area contributed by atoms with Crippen molar-refractivity contribution in [3.8, 4) is 0 Å². The highest BCUT2D eigenvalue weighted by atomic mass is 16.6. The van der Waals surface area contributed by atoms with Crippen LogP contribution >= 0.6 is 0 Å². The third-order valence-corrected chi connectivity index (χ3v) is 2.23. The molecule has 0 aromatic rings. The van der Waals surface area contributed by atoms with Gasteiger partial charge in [-0.1, -0.05) is 6.92 Å². The van der Waals surface area contributed by atoms with Crippen LogP contribution in [0.25, 0.3) is 0 Å². The predicted octanol–water partition coefficient (Wildman–Crippen LogP) is 1.89. The monoisotopic (exact) mass is 319 g/mol. The van der Waals surface area contributed by atoms with Gasteiger partial charge in [0.2, 0.25) is 0 Å². The molecule has 0 aliphatic rings. The number of alkyl carbamates (subject to hydrolysis) is 1. The fourth-order valence-electron chi connectivity index (χ4n) is 1.35. The van der Waals surface area contributed by atoms with E-state index in [4.69, 9.17) is 18.9 Å². The lowest BCUT2D eigenvalue weighted by Crippen LogP contribution is -2.34. The summed E-state index contributed by atoms with van der Waals surface area (Å²) in [4.78, 5) is 22.4. The van der Waals surface area contributed by atoms with Crippen LogP contribution in [-0.4, -0.2) is 57.2 Å². The molecule has 0 aromatic carbocycles. The molecule has 7 heteroatoms. The van der Waals surface area contributed by atoms with E-state index in [-0.39, 0.29) is 12.6 Å². The van der Waals surface area contributed by atoms with Crippen LogP contribution in [0.5, 0.6) is 0 Å². The lowest BCUT2D eigenvalue weighted by molar-refractivity contribution is -0.145. The van der Waals surface area contributed by atoms with E-state index in [1.54, 1.807) is 20.8 Å². The molecule has 22 heavy (non-hydrogen) atoms. The van der Waals surface area contributed by atoms with Crippen LogP contribution in [0.15, 0.2) is 0 Å². The van der Waals surface area contributed by atoms with Crippen LogP contribution in [0.1, 0.15) is 40.5 Å². The van der Waals surface area contributed by atoms with Crippen LogP contribution in [0, 0.1) is 0 Å². The molecule has 1 N–H and O–H groups in total. The second kappa shape index (κ2) is 12.2. The lowest BCUT2D eigenvalue weighted by Gasteiger charge is -2.19. The Morgan fingerprint density at radius 1 is 0.955 bits per heavy atom. The Morgan fingerprint density at radius 2 is 1.55 bits per heavy atom. The van der Waals surface area contributed by atoms with Gasteiger partial charge in [0.15, 0.2) is 0 Å². The molecule has 0 radical (unpaired) electrons. The molecular formula is C15H29NO6. The summed E-state index contributed by atoms with van der Waals surface area (Å²) in [5.41, 5.74) is -0.501. The SMILES string of the molecule is CCCC(=O)OCCOCCOCCNC(=O)OC(C)(C)C. The topological polar surface area (TPSA) is 83.1 Å². The van der Waals surface area contributed by atoms with Crippen molar-refractivity contribution in [1.29, 1.82) is 0 Å². The summed E-state index contributed by atoms with van der Waals surface area (Å²) in [6.07, 6.45) is 0.764. The van der Waals surface area contributed by atoms with Crippen LogP contribution < -0.4 is 5.32 Å². The first-order valence-corrected chi connectivity index (χ1v) is 7.63. The van der Waals surface area contributed by atoms with Crippen molar-refractivity contribution in [2.24, 2.45) is 0 Å². The minimum Gasteiger partial charge on any atom is -0.463 e. The summed E-state index contributed by atoms with van der Waals surface area (Å²) < 4.78 is 20.5. The Labute approximate surface area is 132 Å². The Balaban J connectivity index is 3.27. The minimum absolute atomic E-state index is 0.199. The molecule has 0 aliphatic carbocycles. The van der Waals surface area contributed by atoms with Gasteiger partial charge in [-0.3, -0.25) is 4.79 Å². The highest BCUT2D eigenvalue weighted by Crippen LogP contribution is 2.05. The van der Waals surface area contributed by atoms with Crippen LogP contribution in [0.2, 0.25) is 0 Å². The molecule has 0 fully saturated rings. The molecule has 0 bridgehead atoms. The van der Waals surface area contributed by atoms with Gasteiger partial charge in [0, 0.05) is 13.0 Å². The summed E-state index contributed by atoms with van der Waals surface area (Å²) in [5.74, 6) is -0.199. The maximum atomic E-state index is 11.3. The van der Waals surface area contributed by atoms with Gasteiger partial charge in [-0.05, 0) is 27.2 Å². The van der Waals surface area contributed by atoms with Crippen LogP contribution in [-0.2, 0) is 23.7 Å². The summed E-state index contributed by atoms with van der Waals surface area (Å²) in [6, 6.07) is 0. The molecule has 0 aromatic heterocycles. The Morgan fingerprint density at radius 3 is 2.14 bits per heavy atom. The summed E-state index contributed by atoms with van der Waals surface area (Å²) >= 11 is 0. The van der Waals surface area contributed by atoms with E-state index in [0.29, 0.717) is 39.4 Å². The average Bonchev–Trinajstić information content (AvgIpc) is 2.39. The molecule has 1 amide bonds. The fourth-order valence-corrected chi connectivity index (χ4v) is 1.35. The molecule has 0 saturated heterocycles. The molecule has 0 rings (SSSR count). The molecule has 0 saturated carbocycles. The number of amides is 1. The first-order valence-electron chi connectivity index (χ1n) is 7.63. The van der Waals surface area contributed by atoms with E-state index in [2.05, 4.69) is 5.32 Å². The molecule has 0 aliphatic heterocycles. The Bertz CT molecular complexity index is 314. The first kappa shape index (κ1) is 20.7. The van der Waals surface area contributed by atoms with Crippen molar-refractivity contribution in [2.45, 2.75) is 46.1 Å². The van der Waals surface area contributed by atoms with Crippen molar-refractivity contribution >= 4 is 12.1 Å². The predicted molar refractivity (Wildman–Crippen MR) is 81.7 cm³/mol. The molecular weight excluding hydrogens is 290 g/mol. The number of esters is 1. The van der Waals surface area contributed by atoms with Crippen molar-refractivity contribution in [3.63, 3.8) is 0 Å². The third kappa shape index (κ3) is 15.1. The molecule has 0 heterocycles. The van der Waals surface area contributed by atoms with Gasteiger partial charge in [-0.2, -0.15) is 0 Å². The van der Waals surface area contributed by atoms with E-state index in [1.165, 1.54) is 0 Å². The fraction of sp³-hybridized carbons (Fsp3) is 0.867. The van der Waals surface area contributed by atoms with Crippen molar-refractivity contribution in [3.05, 3.63) is 0 Å². The van der Waals surface area contributed by atoms with Crippen molar-refractivity contribution in [1.82, 2.24) is 5.32 Å². The van der Waals surface area contributed by atoms with Gasteiger partial charge in [0.25, 0.3) is 0 Å². The summed E-state index contributed by atoms with van der Waals surface area (Å²) in [6.45, 7) is 9.55. The zero-order valence-corrected chi connectivity index (χ0v) is 14.1. The van der Waals surface area contributed by atoms with E-state index in [0.717, 1.165) is 6.42 Å². The molecule has 0 unspecified atom stereocenters. The number of nitrogens with one attached hydrogen (secondary N) is 1. The van der Waals surface area contributed by atoms with Gasteiger partial charge in [0.05, 0.1) is 26.4 Å². The summed E-state index contributed by atoms with van der Waals surface area (Å²) in [5, 5.41) is 2.59. The quantitative estimate of drug-likeness (QED) is 0.462. The zero-order chi connectivity index (χ0) is 16.8. The van der Waals surface area contributed by atoms with Crippen LogP contribution in [0.4, 0.5) is 4.79 Å². The Hall–Kier alpha value is -1.34. The molecule has 0 spiro atoms. The number of hydrogen-bond acceptors (Lipinski definition) is 6. The number of carbonyl (C=O) groups excluding carboxylic acids is 2. The van der Waals surface area contributed by atoms with Crippen LogP contribution in [0.3, 0.4) is 0 Å². The van der Waals surface area contributed by atoms with Gasteiger partial charge >= 0.3 is 12.1 Å². The number of ether oxygens (including phenoxy) is 4. The molecule has 0 atom stereocenters. The second-order valence-electron chi connectivity index (χ2n) is 5.62. The largest absolute Gasteiger partial charge is 0.463 e. The van der Waals surface area contributed by atoms with E-state index < -0.39 is 11.7 Å². The maximum absolute atomic E-state index is 11.3. The molecule has 7 nitrogen and oxygen atoms in total. The number of rotatable bonds is 11. The average molecular weight is 319 g/mol. The molecule has 130 valence electrons. The zero-order valence-electron chi connectivity index (χ0n) is 14.1. The number of hydrogen-bond donors (Lipinski definition) is 1. The standard InChI is InChI=1S/C15H29NO6/c1-5-6-13(17)21-12-11-20-10-9-19-8-7-16-14(18)22-15(2,3)4/h5-12H2,1-4H3,(H,16,18). The maximum Gasteiger partial charge on any atom is 0.407 e. The van der Waals surface area contributed by atoms with E-state index >= 15 is 0 Å². The minimum atomic E-state index is -0.501. The van der Waals surface area contributed by atoms with Gasteiger partial charge in [-0.25, -0.2) is 4.79 Å². The third-order valence-electron chi connectivity index (χ3n) is 2.23. The van der Waals surface area contributed by atoms with Crippen molar-refractivity contribution < 1.29 is 28.5 Å². The summed E-state index contributed by atoms with van der Waals surface area (Å²) in [7, 11) is 0. The van der Waals surface area contributed by atoms with Gasteiger partial charge in [0.1, 0.15) is 12.2 Å². The first-order chi connectivity index (χ1) is 10.3. The normalized spacial score (nSPS) is 11.1. The Kier molecular flexibility index (Phi) is 11.5. The van der Waals surface area contributed by atoms with Gasteiger partial charge < -0.3 is 24.3 Å². The lowest BCUT2D eigenvalue weighted by atomic mass is 10.2. The van der Waals surface area contributed by atoms with E-state index in [9.17, 15) is 9.59 Å². The van der Waals surface area contributed by atoms with Crippen molar-refractivity contribution in [2.75, 3.05) is 39.6 Å². The van der Waals surface area contributed by atoms with Gasteiger partial charge in [-0.15, -0.1) is 0 Å².